The molecule has 0 fully saturated rings. The molecular formula is C16H26N2O2. The van der Waals surface area contributed by atoms with Gasteiger partial charge in [0.1, 0.15) is 12.4 Å². The molecule has 1 aromatic rings. The maximum Gasteiger partial charge on any atom is 0.210 e. The van der Waals surface area contributed by atoms with Gasteiger partial charge in [0, 0.05) is 24.7 Å². The number of hydrogen-bond acceptors (Lipinski definition) is 3. The minimum atomic E-state index is 0.276. The summed E-state index contributed by atoms with van der Waals surface area (Å²) < 4.78 is 5.68. The van der Waals surface area contributed by atoms with E-state index in [1.54, 1.807) is 0 Å². The highest BCUT2D eigenvalue weighted by molar-refractivity contribution is 5.52. The van der Waals surface area contributed by atoms with Crippen molar-refractivity contribution in [3.05, 3.63) is 29.3 Å². The number of nitrogens with two attached hydrogens (primary N) is 1. The van der Waals surface area contributed by atoms with Crippen LogP contribution in [-0.2, 0) is 17.8 Å². The molecule has 0 aromatic heterocycles. The van der Waals surface area contributed by atoms with Crippen molar-refractivity contribution in [2.45, 2.75) is 46.2 Å². The van der Waals surface area contributed by atoms with Crippen LogP contribution in [-0.4, -0.2) is 30.5 Å². The van der Waals surface area contributed by atoms with Crippen molar-refractivity contribution < 1.29 is 9.53 Å². The Bertz CT molecular complexity index is 421. The number of benzene rings is 1. The van der Waals surface area contributed by atoms with E-state index in [9.17, 15) is 4.79 Å². The molecule has 112 valence electrons. The van der Waals surface area contributed by atoms with Gasteiger partial charge in [0.2, 0.25) is 6.41 Å². The van der Waals surface area contributed by atoms with Crippen LogP contribution in [0.5, 0.6) is 5.75 Å². The van der Waals surface area contributed by atoms with Crippen molar-refractivity contribution in [1.29, 1.82) is 0 Å². The van der Waals surface area contributed by atoms with Gasteiger partial charge >= 0.3 is 0 Å². The minimum Gasteiger partial charge on any atom is -0.492 e. The van der Waals surface area contributed by atoms with Crippen LogP contribution in [0, 0.1) is 0 Å². The van der Waals surface area contributed by atoms with Crippen molar-refractivity contribution >= 4 is 6.41 Å². The van der Waals surface area contributed by atoms with E-state index in [1.807, 2.05) is 30.9 Å². The molecule has 1 aliphatic heterocycles. The topological polar surface area (TPSA) is 55.6 Å². The predicted molar refractivity (Wildman–Crippen MR) is 81.7 cm³/mol. The Morgan fingerprint density at radius 3 is 2.80 bits per heavy atom. The van der Waals surface area contributed by atoms with Crippen LogP contribution in [0.2, 0.25) is 0 Å². The van der Waals surface area contributed by atoms with E-state index in [-0.39, 0.29) is 6.04 Å². The lowest BCUT2D eigenvalue weighted by molar-refractivity contribution is -0.121. The van der Waals surface area contributed by atoms with Gasteiger partial charge in [-0.15, -0.1) is 0 Å². The van der Waals surface area contributed by atoms with Gasteiger partial charge in [-0.2, -0.15) is 0 Å². The third-order valence-corrected chi connectivity index (χ3v) is 3.47. The lowest BCUT2D eigenvalue weighted by atomic mass is 9.92. The van der Waals surface area contributed by atoms with Gasteiger partial charge in [-0.25, -0.2) is 0 Å². The molecule has 1 atom stereocenters. The van der Waals surface area contributed by atoms with Crippen LogP contribution in [0.4, 0.5) is 0 Å². The van der Waals surface area contributed by atoms with E-state index in [4.69, 9.17) is 10.5 Å². The number of carbonyl (C=O) groups excluding carboxylic acids is 1. The number of ether oxygens (including phenoxy) is 1. The van der Waals surface area contributed by atoms with Gasteiger partial charge in [-0.1, -0.05) is 32.9 Å². The molecule has 0 bridgehead atoms. The third-order valence-electron chi connectivity index (χ3n) is 3.47. The second-order valence-corrected chi connectivity index (χ2v) is 4.57. The molecule has 0 spiro atoms. The fourth-order valence-electron chi connectivity index (χ4n) is 2.48. The Balaban J connectivity index is 0.000000956. The van der Waals surface area contributed by atoms with Crippen molar-refractivity contribution in [3.63, 3.8) is 0 Å². The fourth-order valence-corrected chi connectivity index (χ4v) is 2.48. The Morgan fingerprint density at radius 2 is 2.20 bits per heavy atom. The lowest BCUT2D eigenvalue weighted by Gasteiger charge is -2.34. The molecule has 1 amide bonds. The quantitative estimate of drug-likeness (QED) is 0.841. The molecule has 20 heavy (non-hydrogen) atoms. The zero-order valence-corrected chi connectivity index (χ0v) is 12.8. The second kappa shape index (κ2) is 8.59. The lowest BCUT2D eigenvalue weighted by Crippen LogP contribution is -2.39. The highest BCUT2D eigenvalue weighted by Crippen LogP contribution is 2.31. The van der Waals surface area contributed by atoms with Crippen LogP contribution in [0.25, 0.3) is 0 Å². The monoisotopic (exact) mass is 278 g/mol. The molecule has 1 unspecified atom stereocenters. The normalized spacial score (nSPS) is 16.8. The van der Waals surface area contributed by atoms with Crippen LogP contribution in [0.1, 0.15) is 38.3 Å². The van der Waals surface area contributed by atoms with Gasteiger partial charge in [0.05, 0.1) is 0 Å². The summed E-state index contributed by atoms with van der Waals surface area (Å²) in [6.07, 6.45) is 2.78. The second-order valence-electron chi connectivity index (χ2n) is 4.57. The van der Waals surface area contributed by atoms with Gasteiger partial charge < -0.3 is 15.4 Å². The van der Waals surface area contributed by atoms with E-state index in [2.05, 4.69) is 13.0 Å². The molecule has 2 rings (SSSR count). The van der Waals surface area contributed by atoms with Crippen molar-refractivity contribution in [1.82, 2.24) is 4.90 Å². The number of rotatable bonds is 5. The number of carbonyl (C=O) groups is 1. The molecule has 1 aromatic carbocycles. The van der Waals surface area contributed by atoms with Gasteiger partial charge in [-0.3, -0.25) is 4.79 Å². The van der Waals surface area contributed by atoms with Crippen LogP contribution in [0.3, 0.4) is 0 Å². The van der Waals surface area contributed by atoms with E-state index in [0.717, 1.165) is 25.0 Å². The first-order valence-electron chi connectivity index (χ1n) is 7.44. The first kappa shape index (κ1) is 16.5. The smallest absolute Gasteiger partial charge is 0.210 e. The molecule has 1 heterocycles. The van der Waals surface area contributed by atoms with Gasteiger partial charge in [0.25, 0.3) is 0 Å². The largest absolute Gasteiger partial charge is 0.492 e. The SMILES string of the molecule is CC.CCC1Cc2c(cccc2OCCN)CN1C=O. The first-order valence-corrected chi connectivity index (χ1v) is 7.44. The van der Waals surface area contributed by atoms with E-state index < -0.39 is 0 Å². The van der Waals surface area contributed by atoms with Crippen molar-refractivity contribution in [3.8, 4) is 5.75 Å². The maximum absolute atomic E-state index is 11.1. The maximum atomic E-state index is 11.1. The number of amides is 1. The summed E-state index contributed by atoms with van der Waals surface area (Å²) in [6, 6.07) is 6.29. The number of hydrogen-bond donors (Lipinski definition) is 1. The molecule has 0 aliphatic carbocycles. The van der Waals surface area contributed by atoms with Crippen LogP contribution < -0.4 is 10.5 Å². The summed E-state index contributed by atoms with van der Waals surface area (Å²) in [6.45, 7) is 7.83. The molecule has 4 nitrogen and oxygen atoms in total. The average Bonchev–Trinajstić information content (AvgIpc) is 2.53. The van der Waals surface area contributed by atoms with E-state index in [1.165, 1.54) is 11.1 Å². The molecule has 0 radical (unpaired) electrons. The molecule has 1 aliphatic rings. The Kier molecular flexibility index (Phi) is 7.09. The van der Waals surface area contributed by atoms with Gasteiger partial charge in [-0.05, 0) is 24.5 Å². The molecule has 0 saturated heterocycles. The number of nitrogens with zero attached hydrogens (tertiary/aromatic N) is 1. The van der Waals surface area contributed by atoms with Crippen molar-refractivity contribution in [2.75, 3.05) is 13.2 Å². The Morgan fingerprint density at radius 1 is 1.45 bits per heavy atom. The molecular weight excluding hydrogens is 252 g/mol. The standard InChI is InChI=1S/C14H20N2O2.C2H6/c1-2-12-8-13-11(9-16(12)10-17)4-3-5-14(13)18-7-6-15;1-2/h3-5,10,12H,2,6-9,15H2,1H3;1-2H3. The summed E-state index contributed by atoms with van der Waals surface area (Å²) in [5.74, 6) is 0.918. The predicted octanol–water partition coefficient (Wildman–Crippen LogP) is 2.34. The Labute approximate surface area is 121 Å². The summed E-state index contributed by atoms with van der Waals surface area (Å²) in [5, 5.41) is 0. The Hall–Kier alpha value is -1.55. The van der Waals surface area contributed by atoms with Gasteiger partial charge in [0.15, 0.2) is 0 Å². The third kappa shape index (κ3) is 3.73. The van der Waals surface area contributed by atoms with E-state index in [0.29, 0.717) is 19.7 Å². The highest BCUT2D eigenvalue weighted by Gasteiger charge is 2.25. The first-order chi connectivity index (χ1) is 9.80. The molecule has 0 saturated carbocycles. The summed E-state index contributed by atoms with van der Waals surface area (Å²) in [5.41, 5.74) is 7.88. The summed E-state index contributed by atoms with van der Waals surface area (Å²) in [4.78, 5) is 12.9. The summed E-state index contributed by atoms with van der Waals surface area (Å²) >= 11 is 0. The zero-order valence-electron chi connectivity index (χ0n) is 12.8. The summed E-state index contributed by atoms with van der Waals surface area (Å²) in [7, 11) is 0. The van der Waals surface area contributed by atoms with Crippen LogP contribution in [0.15, 0.2) is 18.2 Å². The van der Waals surface area contributed by atoms with Crippen molar-refractivity contribution in [2.24, 2.45) is 5.73 Å². The van der Waals surface area contributed by atoms with Crippen LogP contribution >= 0.6 is 0 Å². The number of fused-ring (bicyclic) bond motifs is 1. The molecule has 4 heteroatoms. The molecule has 2 N–H and O–H groups in total. The zero-order chi connectivity index (χ0) is 15.0. The highest BCUT2D eigenvalue weighted by atomic mass is 16.5. The fraction of sp³-hybridized carbons (Fsp3) is 0.562. The average molecular weight is 278 g/mol. The van der Waals surface area contributed by atoms with E-state index >= 15 is 0 Å². The minimum absolute atomic E-state index is 0.276.